The Hall–Kier alpha value is -1.69. The van der Waals surface area contributed by atoms with Crippen LogP contribution in [0.2, 0.25) is 0 Å². The number of aliphatic hydroxyl groups is 1. The average Bonchev–Trinajstić information content (AvgIpc) is 2.39. The molecular formula is C12H18N4O2. The van der Waals surface area contributed by atoms with Gasteiger partial charge in [-0.3, -0.25) is 4.79 Å². The van der Waals surface area contributed by atoms with E-state index in [1.165, 1.54) is 0 Å². The maximum absolute atomic E-state index is 12.1. The summed E-state index contributed by atoms with van der Waals surface area (Å²) in [6.07, 6.45) is 1.34. The van der Waals surface area contributed by atoms with Crippen LogP contribution in [0.15, 0.2) is 12.1 Å². The zero-order valence-corrected chi connectivity index (χ0v) is 10.4. The highest BCUT2D eigenvalue weighted by molar-refractivity contribution is 5.92. The molecular weight excluding hydrogens is 232 g/mol. The number of carbonyl (C=O) groups is 1. The second kappa shape index (κ2) is 5.30. The third-order valence-electron chi connectivity index (χ3n) is 3.41. The molecule has 3 N–H and O–H groups in total. The Balaban J connectivity index is 1.97. The van der Waals surface area contributed by atoms with E-state index in [1.807, 2.05) is 0 Å². The van der Waals surface area contributed by atoms with Crippen molar-refractivity contribution in [2.75, 3.05) is 18.8 Å². The molecule has 0 radical (unpaired) electrons. The monoisotopic (exact) mass is 250 g/mol. The summed E-state index contributed by atoms with van der Waals surface area (Å²) in [6.45, 7) is 3.11. The molecule has 2 heterocycles. The highest BCUT2D eigenvalue weighted by Gasteiger charge is 2.26. The number of nitrogens with zero attached hydrogens (tertiary/aromatic N) is 3. The number of aliphatic hydroxyl groups excluding tert-OH is 1. The van der Waals surface area contributed by atoms with Gasteiger partial charge in [0.1, 0.15) is 5.82 Å². The minimum atomic E-state index is -0.307. The summed E-state index contributed by atoms with van der Waals surface area (Å²) >= 11 is 0. The molecule has 6 heteroatoms. The van der Waals surface area contributed by atoms with Gasteiger partial charge in [-0.25, -0.2) is 0 Å². The maximum atomic E-state index is 12.1. The second-order valence-electron chi connectivity index (χ2n) is 4.71. The largest absolute Gasteiger partial charge is 0.393 e. The Bertz CT molecular complexity index is 411. The molecule has 0 spiro atoms. The second-order valence-corrected chi connectivity index (χ2v) is 4.71. The topological polar surface area (TPSA) is 92.3 Å². The van der Waals surface area contributed by atoms with Crippen LogP contribution in [-0.4, -0.2) is 45.3 Å². The van der Waals surface area contributed by atoms with E-state index in [1.54, 1.807) is 24.0 Å². The van der Waals surface area contributed by atoms with Gasteiger partial charge in [-0.15, -0.1) is 10.2 Å². The van der Waals surface area contributed by atoms with Crippen molar-refractivity contribution in [1.82, 2.24) is 15.1 Å². The van der Waals surface area contributed by atoms with Crippen LogP contribution in [0.4, 0.5) is 5.82 Å². The zero-order valence-electron chi connectivity index (χ0n) is 10.4. The molecule has 1 atom stereocenters. The van der Waals surface area contributed by atoms with Crippen LogP contribution in [0.1, 0.15) is 30.3 Å². The lowest BCUT2D eigenvalue weighted by Crippen LogP contribution is -2.41. The van der Waals surface area contributed by atoms with Gasteiger partial charge < -0.3 is 15.7 Å². The minimum Gasteiger partial charge on any atom is -0.393 e. The minimum absolute atomic E-state index is 0.119. The molecule has 0 saturated carbocycles. The van der Waals surface area contributed by atoms with Crippen LogP contribution in [0.3, 0.4) is 0 Å². The van der Waals surface area contributed by atoms with Gasteiger partial charge in [0.2, 0.25) is 0 Å². The van der Waals surface area contributed by atoms with Gasteiger partial charge >= 0.3 is 0 Å². The van der Waals surface area contributed by atoms with Crippen molar-refractivity contribution in [3.63, 3.8) is 0 Å². The molecule has 1 amide bonds. The normalized spacial score (nSPS) is 18.7. The number of likely N-dealkylation sites (tertiary alicyclic amines) is 1. The molecule has 1 unspecified atom stereocenters. The fraction of sp³-hybridized carbons (Fsp3) is 0.583. The molecule has 1 aromatic heterocycles. The van der Waals surface area contributed by atoms with Gasteiger partial charge in [0, 0.05) is 13.1 Å². The SMILES string of the molecule is CC(O)C1CCN(C(=O)c2ccc(N)nn2)CC1. The van der Waals surface area contributed by atoms with Crippen LogP contribution >= 0.6 is 0 Å². The van der Waals surface area contributed by atoms with Gasteiger partial charge in [0.05, 0.1) is 6.10 Å². The molecule has 1 aliphatic heterocycles. The van der Waals surface area contributed by atoms with E-state index in [2.05, 4.69) is 10.2 Å². The summed E-state index contributed by atoms with van der Waals surface area (Å²) in [4.78, 5) is 13.9. The number of aromatic nitrogens is 2. The van der Waals surface area contributed by atoms with E-state index in [0.717, 1.165) is 12.8 Å². The standard InChI is InChI=1S/C12H18N4O2/c1-8(17)9-4-6-16(7-5-9)12(18)10-2-3-11(13)15-14-10/h2-3,8-9,17H,4-7H2,1H3,(H2,13,15). The average molecular weight is 250 g/mol. The zero-order chi connectivity index (χ0) is 13.1. The van der Waals surface area contributed by atoms with Crippen molar-refractivity contribution in [2.24, 2.45) is 5.92 Å². The lowest BCUT2D eigenvalue weighted by molar-refractivity contribution is 0.0516. The quantitative estimate of drug-likeness (QED) is 0.787. The molecule has 2 rings (SSSR count). The first-order chi connectivity index (χ1) is 8.58. The van der Waals surface area contributed by atoms with E-state index < -0.39 is 0 Å². The molecule has 0 aliphatic carbocycles. The smallest absolute Gasteiger partial charge is 0.274 e. The highest BCUT2D eigenvalue weighted by atomic mass is 16.3. The van der Waals surface area contributed by atoms with Crippen LogP contribution in [0.25, 0.3) is 0 Å². The Morgan fingerprint density at radius 1 is 1.44 bits per heavy atom. The van der Waals surface area contributed by atoms with Crippen LogP contribution in [0, 0.1) is 5.92 Å². The maximum Gasteiger partial charge on any atom is 0.274 e. The molecule has 18 heavy (non-hydrogen) atoms. The van der Waals surface area contributed by atoms with E-state index in [0.29, 0.717) is 24.6 Å². The summed E-state index contributed by atoms with van der Waals surface area (Å²) in [5.74, 6) is 0.470. The van der Waals surface area contributed by atoms with Crippen molar-refractivity contribution in [3.8, 4) is 0 Å². The molecule has 1 aliphatic rings. The first kappa shape index (κ1) is 12.8. The van der Waals surface area contributed by atoms with Gasteiger partial charge in [-0.05, 0) is 37.8 Å². The molecule has 1 saturated heterocycles. The van der Waals surface area contributed by atoms with E-state index >= 15 is 0 Å². The Kier molecular flexibility index (Phi) is 3.76. The van der Waals surface area contributed by atoms with Crippen molar-refractivity contribution in [1.29, 1.82) is 0 Å². The fourth-order valence-electron chi connectivity index (χ4n) is 2.20. The number of anilines is 1. The van der Waals surface area contributed by atoms with Gasteiger partial charge in [-0.1, -0.05) is 0 Å². The van der Waals surface area contributed by atoms with Gasteiger partial charge in [0.25, 0.3) is 5.91 Å². The van der Waals surface area contributed by atoms with E-state index in [9.17, 15) is 9.90 Å². The Labute approximate surface area is 106 Å². The number of carbonyl (C=O) groups excluding carboxylic acids is 1. The Morgan fingerprint density at radius 2 is 2.11 bits per heavy atom. The van der Waals surface area contributed by atoms with Crippen molar-refractivity contribution < 1.29 is 9.90 Å². The summed E-state index contributed by atoms with van der Waals surface area (Å²) in [7, 11) is 0. The van der Waals surface area contributed by atoms with Crippen molar-refractivity contribution >= 4 is 11.7 Å². The third-order valence-corrected chi connectivity index (χ3v) is 3.41. The summed E-state index contributed by atoms with van der Waals surface area (Å²) in [5, 5.41) is 17.0. The molecule has 1 aromatic rings. The van der Waals surface area contributed by atoms with Crippen molar-refractivity contribution in [3.05, 3.63) is 17.8 Å². The predicted molar refractivity (Wildman–Crippen MR) is 66.8 cm³/mol. The van der Waals surface area contributed by atoms with E-state index in [4.69, 9.17) is 5.73 Å². The van der Waals surface area contributed by atoms with Gasteiger partial charge in [0.15, 0.2) is 5.69 Å². The van der Waals surface area contributed by atoms with E-state index in [-0.39, 0.29) is 17.9 Å². The number of rotatable bonds is 2. The Morgan fingerprint density at radius 3 is 2.61 bits per heavy atom. The number of nitrogens with two attached hydrogens (primary N) is 1. The third kappa shape index (κ3) is 2.76. The molecule has 98 valence electrons. The highest BCUT2D eigenvalue weighted by Crippen LogP contribution is 2.21. The summed E-state index contributed by atoms with van der Waals surface area (Å²) in [5.41, 5.74) is 5.75. The summed E-state index contributed by atoms with van der Waals surface area (Å²) < 4.78 is 0. The number of hydrogen-bond donors (Lipinski definition) is 2. The number of amides is 1. The molecule has 6 nitrogen and oxygen atoms in total. The van der Waals surface area contributed by atoms with Gasteiger partial charge in [-0.2, -0.15) is 0 Å². The first-order valence-corrected chi connectivity index (χ1v) is 6.14. The van der Waals surface area contributed by atoms with Crippen LogP contribution in [-0.2, 0) is 0 Å². The predicted octanol–water partition coefficient (Wildman–Crippen LogP) is 0.292. The fourth-order valence-corrected chi connectivity index (χ4v) is 2.20. The number of piperidine rings is 1. The lowest BCUT2D eigenvalue weighted by Gasteiger charge is -2.32. The number of hydrogen-bond acceptors (Lipinski definition) is 5. The van der Waals surface area contributed by atoms with Crippen molar-refractivity contribution in [2.45, 2.75) is 25.9 Å². The summed E-state index contributed by atoms with van der Waals surface area (Å²) in [6, 6.07) is 3.16. The lowest BCUT2D eigenvalue weighted by atomic mass is 9.92. The van der Waals surface area contributed by atoms with Crippen LogP contribution in [0.5, 0.6) is 0 Å². The molecule has 1 fully saturated rings. The molecule has 0 bridgehead atoms. The number of nitrogen functional groups attached to an aromatic ring is 1. The molecule has 0 aromatic carbocycles. The van der Waals surface area contributed by atoms with Crippen LogP contribution < -0.4 is 5.73 Å². The first-order valence-electron chi connectivity index (χ1n) is 6.14.